The van der Waals surface area contributed by atoms with E-state index < -0.39 is 5.97 Å². The van der Waals surface area contributed by atoms with E-state index in [4.69, 9.17) is 4.74 Å². The second kappa shape index (κ2) is 5.59. The van der Waals surface area contributed by atoms with Gasteiger partial charge in [-0.2, -0.15) is 0 Å². The quantitative estimate of drug-likeness (QED) is 0.859. The molecule has 1 amide bonds. The number of fused-ring (bicyclic) bond motifs is 1. The van der Waals surface area contributed by atoms with E-state index in [0.717, 1.165) is 10.2 Å². The fourth-order valence-corrected chi connectivity index (χ4v) is 2.21. The largest absolute Gasteiger partial charge is 0.456 e. The Morgan fingerprint density at radius 3 is 2.89 bits per heavy atom. The van der Waals surface area contributed by atoms with Gasteiger partial charge < -0.3 is 4.74 Å². The minimum absolute atomic E-state index is 0.258. The lowest BCUT2D eigenvalue weighted by Crippen LogP contribution is -2.20. The van der Waals surface area contributed by atoms with Crippen molar-refractivity contribution < 1.29 is 14.3 Å². The van der Waals surface area contributed by atoms with Crippen molar-refractivity contribution in [2.24, 2.45) is 0 Å². The summed E-state index contributed by atoms with van der Waals surface area (Å²) >= 11 is 1.38. The van der Waals surface area contributed by atoms with Crippen LogP contribution in [0.2, 0.25) is 0 Å². The molecule has 0 spiro atoms. The molecule has 1 heterocycles. The number of benzene rings is 1. The number of hydrogen-bond donors (Lipinski definition) is 1. The summed E-state index contributed by atoms with van der Waals surface area (Å²) in [5.41, 5.74) is 0.836. The molecular weight excluding hydrogens is 252 g/mol. The first-order valence-electron chi connectivity index (χ1n) is 5.50. The van der Waals surface area contributed by atoms with Gasteiger partial charge in [-0.25, -0.2) is 4.98 Å². The highest BCUT2D eigenvalue weighted by atomic mass is 32.1. The van der Waals surface area contributed by atoms with E-state index in [1.165, 1.54) is 11.3 Å². The third kappa shape index (κ3) is 3.04. The van der Waals surface area contributed by atoms with E-state index in [9.17, 15) is 9.59 Å². The molecule has 0 saturated carbocycles. The van der Waals surface area contributed by atoms with Crippen molar-refractivity contribution in [1.82, 2.24) is 4.98 Å². The van der Waals surface area contributed by atoms with Crippen LogP contribution in [0.15, 0.2) is 24.3 Å². The number of esters is 1. The molecular formula is C12H12N2O3S. The number of ether oxygens (including phenoxy) is 1. The van der Waals surface area contributed by atoms with Crippen molar-refractivity contribution in [2.75, 3.05) is 11.9 Å². The molecule has 0 atom stereocenters. The Morgan fingerprint density at radius 1 is 1.39 bits per heavy atom. The summed E-state index contributed by atoms with van der Waals surface area (Å²) in [5.74, 6) is -0.773. The average molecular weight is 264 g/mol. The lowest BCUT2D eigenvalue weighted by molar-refractivity contribution is -0.146. The highest BCUT2D eigenvalue weighted by Crippen LogP contribution is 2.25. The molecule has 6 heteroatoms. The Balaban J connectivity index is 1.96. The maximum absolute atomic E-state index is 11.5. The van der Waals surface area contributed by atoms with Crippen molar-refractivity contribution in [3.63, 3.8) is 0 Å². The van der Waals surface area contributed by atoms with Gasteiger partial charge in [0.05, 0.1) is 10.2 Å². The van der Waals surface area contributed by atoms with Crippen LogP contribution in [0.5, 0.6) is 0 Å². The molecule has 2 rings (SSSR count). The maximum Gasteiger partial charge on any atom is 0.306 e. The van der Waals surface area contributed by atoms with Crippen LogP contribution in [0, 0.1) is 0 Å². The number of nitrogens with one attached hydrogen (secondary N) is 1. The van der Waals surface area contributed by atoms with Crippen molar-refractivity contribution in [3.05, 3.63) is 24.3 Å². The third-order valence-electron chi connectivity index (χ3n) is 2.19. The highest BCUT2D eigenvalue weighted by molar-refractivity contribution is 7.22. The first-order valence-corrected chi connectivity index (χ1v) is 6.31. The number of nitrogens with zero attached hydrogens (tertiary/aromatic N) is 1. The number of amides is 1. The first-order chi connectivity index (χ1) is 8.69. The minimum Gasteiger partial charge on any atom is -0.456 e. The summed E-state index contributed by atoms with van der Waals surface area (Å²) in [6.07, 6.45) is 0.258. The molecule has 0 aliphatic carbocycles. The molecule has 0 aliphatic rings. The second-order valence-electron chi connectivity index (χ2n) is 3.55. The van der Waals surface area contributed by atoms with Crippen molar-refractivity contribution >= 4 is 38.6 Å². The summed E-state index contributed by atoms with van der Waals surface area (Å²) in [7, 11) is 0. The Bertz CT molecular complexity index is 546. The van der Waals surface area contributed by atoms with Gasteiger partial charge in [-0.1, -0.05) is 30.4 Å². The smallest absolute Gasteiger partial charge is 0.306 e. The molecule has 18 heavy (non-hydrogen) atoms. The summed E-state index contributed by atoms with van der Waals surface area (Å²) in [5, 5.41) is 3.11. The zero-order valence-corrected chi connectivity index (χ0v) is 10.6. The maximum atomic E-state index is 11.5. The number of carbonyl (C=O) groups excluding carboxylic acids is 2. The van der Waals surface area contributed by atoms with Crippen LogP contribution < -0.4 is 5.32 Å². The zero-order chi connectivity index (χ0) is 13.0. The average Bonchev–Trinajstić information content (AvgIpc) is 2.77. The number of hydrogen-bond acceptors (Lipinski definition) is 5. The predicted molar refractivity (Wildman–Crippen MR) is 69.5 cm³/mol. The molecule has 0 saturated heterocycles. The van der Waals surface area contributed by atoms with Gasteiger partial charge in [0.25, 0.3) is 5.91 Å². The molecule has 2 aromatic rings. The molecule has 1 aromatic carbocycles. The van der Waals surface area contributed by atoms with Crippen molar-refractivity contribution in [3.8, 4) is 0 Å². The van der Waals surface area contributed by atoms with Gasteiger partial charge in [-0.15, -0.1) is 0 Å². The van der Waals surface area contributed by atoms with Crippen LogP contribution >= 0.6 is 11.3 Å². The normalized spacial score (nSPS) is 10.3. The number of para-hydroxylation sites is 1. The third-order valence-corrected chi connectivity index (χ3v) is 3.14. The molecule has 1 N–H and O–H groups in total. The van der Waals surface area contributed by atoms with E-state index in [2.05, 4.69) is 10.3 Å². The fourth-order valence-electron chi connectivity index (χ4n) is 1.33. The summed E-state index contributed by atoms with van der Waals surface area (Å²) in [6, 6.07) is 7.60. The standard InChI is InChI=1S/C12H12N2O3S/c1-2-11(16)17-7-10(15)14-12-13-8-5-3-4-6-9(8)18-12/h3-6H,2,7H2,1H3,(H,13,14,15). The molecule has 0 radical (unpaired) electrons. The first kappa shape index (κ1) is 12.5. The van der Waals surface area contributed by atoms with Crippen molar-refractivity contribution in [1.29, 1.82) is 0 Å². The van der Waals surface area contributed by atoms with E-state index in [0.29, 0.717) is 5.13 Å². The fraction of sp³-hybridized carbons (Fsp3) is 0.250. The van der Waals surface area contributed by atoms with E-state index >= 15 is 0 Å². The Labute approximate surface area is 108 Å². The van der Waals surface area contributed by atoms with Crippen molar-refractivity contribution in [2.45, 2.75) is 13.3 Å². The van der Waals surface area contributed by atoms with E-state index in [1.54, 1.807) is 6.92 Å². The topological polar surface area (TPSA) is 68.3 Å². The molecule has 0 unspecified atom stereocenters. The van der Waals surface area contributed by atoms with Crippen LogP contribution in [0.3, 0.4) is 0 Å². The summed E-state index contributed by atoms with van der Waals surface area (Å²) in [4.78, 5) is 26.6. The predicted octanol–water partition coefficient (Wildman–Crippen LogP) is 2.19. The zero-order valence-electron chi connectivity index (χ0n) is 9.80. The van der Waals surface area contributed by atoms with Gasteiger partial charge in [-0.05, 0) is 12.1 Å². The van der Waals surface area contributed by atoms with Gasteiger partial charge in [0.15, 0.2) is 11.7 Å². The van der Waals surface area contributed by atoms with Crippen LogP contribution in [-0.2, 0) is 14.3 Å². The molecule has 0 bridgehead atoms. The van der Waals surface area contributed by atoms with Crippen LogP contribution in [0.1, 0.15) is 13.3 Å². The number of rotatable bonds is 4. The Kier molecular flexibility index (Phi) is 3.88. The molecule has 0 aliphatic heterocycles. The lowest BCUT2D eigenvalue weighted by atomic mass is 10.3. The van der Waals surface area contributed by atoms with E-state index in [1.807, 2.05) is 24.3 Å². The van der Waals surface area contributed by atoms with Gasteiger partial charge in [0.1, 0.15) is 0 Å². The number of thiazole rings is 1. The monoisotopic (exact) mass is 264 g/mol. The molecule has 0 fully saturated rings. The van der Waals surface area contributed by atoms with E-state index in [-0.39, 0.29) is 18.9 Å². The summed E-state index contributed by atoms with van der Waals surface area (Å²) < 4.78 is 5.72. The summed E-state index contributed by atoms with van der Waals surface area (Å²) in [6.45, 7) is 1.40. The van der Waals surface area contributed by atoms with Crippen LogP contribution in [-0.4, -0.2) is 23.5 Å². The van der Waals surface area contributed by atoms with Gasteiger partial charge >= 0.3 is 5.97 Å². The van der Waals surface area contributed by atoms with Crippen LogP contribution in [0.25, 0.3) is 10.2 Å². The Hall–Kier alpha value is -1.95. The number of aromatic nitrogens is 1. The molecule has 94 valence electrons. The van der Waals surface area contributed by atoms with Gasteiger partial charge in [0, 0.05) is 6.42 Å². The lowest BCUT2D eigenvalue weighted by Gasteiger charge is -2.02. The number of carbonyl (C=O) groups is 2. The minimum atomic E-state index is -0.394. The van der Waals surface area contributed by atoms with Gasteiger partial charge in [-0.3, -0.25) is 14.9 Å². The highest BCUT2D eigenvalue weighted by Gasteiger charge is 2.09. The molecule has 1 aromatic heterocycles. The Morgan fingerprint density at radius 2 is 2.17 bits per heavy atom. The van der Waals surface area contributed by atoms with Crippen LogP contribution in [0.4, 0.5) is 5.13 Å². The SMILES string of the molecule is CCC(=O)OCC(=O)Nc1nc2ccccc2s1. The second-order valence-corrected chi connectivity index (χ2v) is 4.58. The van der Waals surface area contributed by atoms with Gasteiger partial charge in [0.2, 0.25) is 0 Å². The number of anilines is 1. The molecule has 5 nitrogen and oxygen atoms in total.